The van der Waals surface area contributed by atoms with E-state index in [-0.39, 0.29) is 5.91 Å². The predicted octanol–water partition coefficient (Wildman–Crippen LogP) is 2.88. The van der Waals surface area contributed by atoms with Crippen LogP contribution in [0.2, 0.25) is 0 Å². The molecule has 0 unspecified atom stereocenters. The third kappa shape index (κ3) is 3.00. The molecule has 20 heavy (non-hydrogen) atoms. The first kappa shape index (κ1) is 13.2. The molecule has 1 saturated carbocycles. The highest BCUT2D eigenvalue weighted by Gasteiger charge is 2.15. The minimum absolute atomic E-state index is 0.0973. The zero-order chi connectivity index (χ0) is 13.8. The van der Waals surface area contributed by atoms with E-state index in [1.807, 2.05) is 28.8 Å². The van der Waals surface area contributed by atoms with Crippen LogP contribution in [0.5, 0.6) is 0 Å². The molecule has 4 heteroatoms. The molecule has 0 radical (unpaired) electrons. The number of rotatable bonds is 3. The van der Waals surface area contributed by atoms with Crippen LogP contribution in [0.4, 0.5) is 0 Å². The monoisotopic (exact) mass is 271 g/mol. The summed E-state index contributed by atoms with van der Waals surface area (Å²) in [4.78, 5) is 16.5. The number of para-hydroxylation sites is 2. The molecule has 1 aromatic carbocycles. The van der Waals surface area contributed by atoms with Crippen molar-refractivity contribution in [1.29, 1.82) is 0 Å². The first-order valence-electron chi connectivity index (χ1n) is 7.52. The highest BCUT2D eigenvalue weighted by Crippen LogP contribution is 2.17. The molecule has 3 rings (SSSR count). The van der Waals surface area contributed by atoms with Crippen molar-refractivity contribution in [3.8, 4) is 0 Å². The lowest BCUT2D eigenvalue weighted by Gasteiger charge is -2.16. The van der Waals surface area contributed by atoms with Crippen molar-refractivity contribution in [1.82, 2.24) is 14.9 Å². The molecule has 2 aromatic rings. The Hall–Kier alpha value is -1.84. The number of hydrogen-bond acceptors (Lipinski definition) is 2. The van der Waals surface area contributed by atoms with Crippen molar-refractivity contribution < 1.29 is 4.79 Å². The Labute approximate surface area is 119 Å². The highest BCUT2D eigenvalue weighted by atomic mass is 16.2. The number of benzene rings is 1. The van der Waals surface area contributed by atoms with Gasteiger partial charge in [-0.2, -0.15) is 0 Å². The van der Waals surface area contributed by atoms with Crippen LogP contribution in [-0.4, -0.2) is 21.5 Å². The lowest BCUT2D eigenvalue weighted by Crippen LogP contribution is -2.36. The predicted molar refractivity (Wildman–Crippen MR) is 79.4 cm³/mol. The molecule has 0 saturated heterocycles. The van der Waals surface area contributed by atoms with E-state index in [2.05, 4.69) is 10.3 Å². The normalized spacial score (nSPS) is 17.0. The largest absolute Gasteiger partial charge is 0.352 e. The SMILES string of the molecule is O=C(Cn1cnc2ccccc21)NC1CCCCCC1. The third-order valence-electron chi connectivity index (χ3n) is 4.06. The van der Waals surface area contributed by atoms with Gasteiger partial charge in [0.15, 0.2) is 0 Å². The topological polar surface area (TPSA) is 46.9 Å². The summed E-state index contributed by atoms with van der Waals surface area (Å²) >= 11 is 0. The standard InChI is InChI=1S/C16H21N3O/c20-16(18-13-7-3-1-2-4-8-13)11-19-12-17-14-9-5-6-10-15(14)19/h5-6,9-10,12-13H,1-4,7-8,11H2,(H,18,20). The molecule has 0 aliphatic heterocycles. The molecule has 4 nitrogen and oxygen atoms in total. The van der Waals surface area contributed by atoms with Crippen LogP contribution in [0, 0.1) is 0 Å². The van der Waals surface area contributed by atoms with Gasteiger partial charge in [0.25, 0.3) is 0 Å². The molecule has 1 fully saturated rings. The smallest absolute Gasteiger partial charge is 0.240 e. The molecule has 0 spiro atoms. The van der Waals surface area contributed by atoms with Crippen molar-refractivity contribution in [3.63, 3.8) is 0 Å². The van der Waals surface area contributed by atoms with Crippen molar-refractivity contribution in [3.05, 3.63) is 30.6 Å². The van der Waals surface area contributed by atoms with E-state index in [4.69, 9.17) is 0 Å². The Morgan fingerprint density at radius 2 is 1.95 bits per heavy atom. The second kappa shape index (κ2) is 6.07. The van der Waals surface area contributed by atoms with Gasteiger partial charge >= 0.3 is 0 Å². The van der Waals surface area contributed by atoms with Gasteiger partial charge in [0.05, 0.1) is 17.4 Å². The molecule has 1 aliphatic rings. The molecule has 1 amide bonds. The number of nitrogens with one attached hydrogen (secondary N) is 1. The zero-order valence-electron chi connectivity index (χ0n) is 11.7. The first-order chi connectivity index (χ1) is 9.83. The third-order valence-corrected chi connectivity index (χ3v) is 4.06. The summed E-state index contributed by atoms with van der Waals surface area (Å²) in [6.07, 6.45) is 9.07. The summed E-state index contributed by atoms with van der Waals surface area (Å²) in [7, 11) is 0. The van der Waals surface area contributed by atoms with Gasteiger partial charge < -0.3 is 9.88 Å². The van der Waals surface area contributed by atoms with E-state index in [0.717, 1.165) is 23.9 Å². The van der Waals surface area contributed by atoms with E-state index in [0.29, 0.717) is 12.6 Å². The number of aromatic nitrogens is 2. The zero-order valence-corrected chi connectivity index (χ0v) is 11.7. The van der Waals surface area contributed by atoms with Crippen LogP contribution in [0.25, 0.3) is 11.0 Å². The van der Waals surface area contributed by atoms with E-state index >= 15 is 0 Å². The Morgan fingerprint density at radius 1 is 1.20 bits per heavy atom. The van der Waals surface area contributed by atoms with Crippen LogP contribution >= 0.6 is 0 Å². The highest BCUT2D eigenvalue weighted by molar-refractivity contribution is 5.80. The second-order valence-electron chi connectivity index (χ2n) is 5.62. The summed E-state index contributed by atoms with van der Waals surface area (Å²) in [5, 5.41) is 3.17. The number of carbonyl (C=O) groups is 1. The van der Waals surface area contributed by atoms with Gasteiger partial charge in [0.2, 0.25) is 5.91 Å². The summed E-state index contributed by atoms with van der Waals surface area (Å²) in [5.41, 5.74) is 1.96. The van der Waals surface area contributed by atoms with Gasteiger partial charge in [-0.3, -0.25) is 4.79 Å². The fourth-order valence-electron chi connectivity index (χ4n) is 2.99. The molecule has 1 N–H and O–H groups in total. The molecular weight excluding hydrogens is 250 g/mol. The molecule has 1 aliphatic carbocycles. The average molecular weight is 271 g/mol. The van der Waals surface area contributed by atoms with Gasteiger partial charge in [0.1, 0.15) is 6.54 Å². The van der Waals surface area contributed by atoms with Gasteiger partial charge in [-0.1, -0.05) is 37.8 Å². The maximum Gasteiger partial charge on any atom is 0.240 e. The first-order valence-corrected chi connectivity index (χ1v) is 7.52. The van der Waals surface area contributed by atoms with E-state index in [1.165, 1.54) is 25.7 Å². The van der Waals surface area contributed by atoms with Crippen LogP contribution in [0.1, 0.15) is 38.5 Å². The lowest BCUT2D eigenvalue weighted by atomic mass is 10.1. The quantitative estimate of drug-likeness (QED) is 0.873. The maximum atomic E-state index is 12.2. The Kier molecular flexibility index (Phi) is 4.00. The van der Waals surface area contributed by atoms with Crippen molar-refractivity contribution in [2.45, 2.75) is 51.1 Å². The van der Waals surface area contributed by atoms with Crippen molar-refractivity contribution >= 4 is 16.9 Å². The van der Waals surface area contributed by atoms with Crippen LogP contribution in [0.3, 0.4) is 0 Å². The number of carbonyl (C=O) groups excluding carboxylic acids is 1. The lowest BCUT2D eigenvalue weighted by molar-refractivity contribution is -0.122. The average Bonchev–Trinajstić information content (AvgIpc) is 2.68. The Morgan fingerprint density at radius 3 is 2.75 bits per heavy atom. The number of nitrogens with zero attached hydrogens (tertiary/aromatic N) is 2. The molecule has 1 heterocycles. The van der Waals surface area contributed by atoms with Gasteiger partial charge in [-0.15, -0.1) is 0 Å². The molecule has 0 atom stereocenters. The number of amides is 1. The Balaban J connectivity index is 1.63. The van der Waals surface area contributed by atoms with Crippen LogP contribution in [0.15, 0.2) is 30.6 Å². The van der Waals surface area contributed by atoms with Crippen molar-refractivity contribution in [2.75, 3.05) is 0 Å². The molecule has 106 valence electrons. The maximum absolute atomic E-state index is 12.2. The minimum atomic E-state index is 0.0973. The fourth-order valence-corrected chi connectivity index (χ4v) is 2.99. The van der Waals surface area contributed by atoms with Crippen LogP contribution < -0.4 is 5.32 Å². The summed E-state index contributed by atoms with van der Waals surface area (Å²) in [6.45, 7) is 0.358. The fraction of sp³-hybridized carbons (Fsp3) is 0.500. The minimum Gasteiger partial charge on any atom is -0.352 e. The van der Waals surface area contributed by atoms with E-state index in [1.54, 1.807) is 6.33 Å². The summed E-state index contributed by atoms with van der Waals surface area (Å²) < 4.78 is 1.92. The number of hydrogen-bond donors (Lipinski definition) is 1. The van der Waals surface area contributed by atoms with Gasteiger partial charge in [-0.05, 0) is 25.0 Å². The Bertz CT molecular complexity index is 582. The summed E-state index contributed by atoms with van der Waals surface area (Å²) in [6, 6.07) is 8.27. The van der Waals surface area contributed by atoms with Gasteiger partial charge in [0, 0.05) is 6.04 Å². The van der Waals surface area contributed by atoms with E-state index < -0.39 is 0 Å². The van der Waals surface area contributed by atoms with Crippen LogP contribution in [-0.2, 0) is 11.3 Å². The molecule has 0 bridgehead atoms. The second-order valence-corrected chi connectivity index (χ2v) is 5.62. The van der Waals surface area contributed by atoms with Gasteiger partial charge in [-0.25, -0.2) is 4.98 Å². The van der Waals surface area contributed by atoms with E-state index in [9.17, 15) is 4.79 Å². The summed E-state index contributed by atoms with van der Waals surface area (Å²) in [5.74, 6) is 0.0973. The number of fused-ring (bicyclic) bond motifs is 1. The number of imidazole rings is 1. The van der Waals surface area contributed by atoms with Crippen molar-refractivity contribution in [2.24, 2.45) is 0 Å². The molecular formula is C16H21N3O. The molecule has 1 aromatic heterocycles.